The zero-order chi connectivity index (χ0) is 30.3. The molecule has 0 unspecified atom stereocenters. The minimum atomic E-state index is -1.49. The monoisotopic (exact) mass is 595 g/mol. The number of nitrogens with one attached hydrogen (secondary N) is 4. The van der Waals surface area contributed by atoms with E-state index in [2.05, 4.69) is 21.4 Å². The summed E-state index contributed by atoms with van der Waals surface area (Å²) in [4.78, 5) is 12.6. The molecule has 240 valence electrons. The number of hydrogen-bond donors (Lipinski definition) is 12. The molecule has 0 radical (unpaired) electrons. The van der Waals surface area contributed by atoms with Crippen LogP contribution in [0.4, 0.5) is 0 Å². The van der Waals surface area contributed by atoms with Crippen molar-refractivity contribution in [1.29, 1.82) is 0 Å². The summed E-state index contributed by atoms with van der Waals surface area (Å²) < 4.78 is 23.8. The van der Waals surface area contributed by atoms with Gasteiger partial charge in [-0.25, -0.2) is 0 Å². The predicted molar refractivity (Wildman–Crippen MR) is 144 cm³/mol. The standard InChI is InChI=1S/C24H49N7O10/c1-24(37)10-38-23(17(35)20(24)28-2)41-19-14(31-21(36)15(33)9-30-27)7-13(26)18(16(19)34)40-22-12(25)4-3-11(39-22)8-29-5-6-32/h11-20,22-23,28-30,32-35,37H,3-10,25-27H2,1-2H3,(H,31,36)/t11-,12+,13-,14+,15-,16-,17+,18+,19-,20+,22+,23+,24-/m0/s1. The number of ether oxygens (including phenoxy) is 4. The molecule has 0 aromatic heterocycles. The highest BCUT2D eigenvalue weighted by Crippen LogP contribution is 2.32. The summed E-state index contributed by atoms with van der Waals surface area (Å²) >= 11 is 0. The van der Waals surface area contributed by atoms with Crippen molar-refractivity contribution in [3.05, 3.63) is 0 Å². The second kappa shape index (κ2) is 15.6. The molecule has 3 rings (SSSR count). The van der Waals surface area contributed by atoms with E-state index >= 15 is 0 Å². The van der Waals surface area contributed by atoms with Gasteiger partial charge in [-0.05, 0) is 33.2 Å². The molecular formula is C24H49N7O10. The van der Waals surface area contributed by atoms with Crippen LogP contribution >= 0.6 is 0 Å². The Balaban J connectivity index is 1.78. The lowest BCUT2D eigenvalue weighted by molar-refractivity contribution is -0.307. The van der Waals surface area contributed by atoms with E-state index in [0.717, 1.165) is 0 Å². The van der Waals surface area contributed by atoms with Crippen LogP contribution in [0.3, 0.4) is 0 Å². The van der Waals surface area contributed by atoms with E-state index in [0.29, 0.717) is 25.9 Å². The Bertz CT molecular complexity index is 817. The molecule has 0 spiro atoms. The molecule has 0 aromatic rings. The molecule has 1 amide bonds. The summed E-state index contributed by atoms with van der Waals surface area (Å²) in [7, 11) is 1.57. The predicted octanol–water partition coefficient (Wildman–Crippen LogP) is -6.37. The van der Waals surface area contributed by atoms with Gasteiger partial charge in [-0.2, -0.15) is 0 Å². The van der Waals surface area contributed by atoms with E-state index in [4.69, 9.17) is 41.4 Å². The van der Waals surface area contributed by atoms with Gasteiger partial charge >= 0.3 is 0 Å². The lowest BCUT2D eigenvalue weighted by atomic mass is 9.83. The van der Waals surface area contributed by atoms with Crippen LogP contribution in [-0.4, -0.2) is 150 Å². The molecule has 15 N–H and O–H groups in total. The lowest BCUT2D eigenvalue weighted by Crippen LogP contribution is -2.69. The van der Waals surface area contributed by atoms with Crippen LogP contribution in [0.1, 0.15) is 26.2 Å². The van der Waals surface area contributed by atoms with E-state index in [1.165, 1.54) is 6.92 Å². The Kier molecular flexibility index (Phi) is 13.0. The van der Waals surface area contributed by atoms with Gasteiger partial charge in [-0.3, -0.25) is 16.1 Å². The third-order valence-electron chi connectivity index (χ3n) is 7.84. The molecule has 2 saturated heterocycles. The molecule has 2 aliphatic heterocycles. The maximum Gasteiger partial charge on any atom is 0.250 e. The van der Waals surface area contributed by atoms with Crippen LogP contribution in [0.5, 0.6) is 0 Å². The molecule has 0 bridgehead atoms. The first-order valence-electron chi connectivity index (χ1n) is 14.0. The summed E-state index contributed by atoms with van der Waals surface area (Å²) in [5.41, 5.74) is 13.5. The number of amides is 1. The van der Waals surface area contributed by atoms with Gasteiger partial charge in [0, 0.05) is 25.7 Å². The van der Waals surface area contributed by atoms with E-state index in [1.807, 2.05) is 0 Å². The number of carbonyl (C=O) groups excluding carboxylic acids is 1. The average molecular weight is 596 g/mol. The fraction of sp³-hybridized carbons (Fsp3) is 0.958. The Morgan fingerprint density at radius 2 is 1.83 bits per heavy atom. The highest BCUT2D eigenvalue weighted by Gasteiger charge is 2.52. The first-order chi connectivity index (χ1) is 19.4. The number of nitrogens with two attached hydrogens (primary N) is 3. The number of likely N-dealkylation sites (N-methyl/N-ethyl adjacent to an activating group) is 1. The van der Waals surface area contributed by atoms with Crippen molar-refractivity contribution in [3.8, 4) is 0 Å². The molecule has 17 heteroatoms. The zero-order valence-corrected chi connectivity index (χ0v) is 23.6. The minimum absolute atomic E-state index is 0.0137. The number of rotatable bonds is 13. The maximum atomic E-state index is 12.6. The van der Waals surface area contributed by atoms with Crippen molar-refractivity contribution in [2.24, 2.45) is 17.3 Å². The Hall–Kier alpha value is -1.13. The summed E-state index contributed by atoms with van der Waals surface area (Å²) in [5, 5.41) is 60.7. The van der Waals surface area contributed by atoms with Gasteiger partial charge in [0.05, 0.1) is 37.4 Å². The molecule has 13 atom stereocenters. The molecule has 3 aliphatic rings. The van der Waals surface area contributed by atoms with Crippen molar-refractivity contribution in [3.63, 3.8) is 0 Å². The van der Waals surface area contributed by atoms with Crippen molar-refractivity contribution in [2.45, 2.75) is 105 Å². The minimum Gasteiger partial charge on any atom is -0.395 e. The highest BCUT2D eigenvalue weighted by molar-refractivity contribution is 5.81. The fourth-order valence-corrected chi connectivity index (χ4v) is 5.59. The SMILES string of the molecule is CN[C@@H]1[C@@H](O)[C@@H](O[C@@H]2[C@@H](O)[C@H](O[C@H]3O[C@H](CNCCO)CC[C@H]3N)[C@@H](N)C[C@H]2NC(=O)[C@@H](O)CNN)OC[C@]1(C)O. The molecule has 2 heterocycles. The van der Waals surface area contributed by atoms with Crippen molar-refractivity contribution in [1.82, 2.24) is 21.4 Å². The number of aliphatic hydroxyl groups excluding tert-OH is 4. The average Bonchev–Trinajstić information content (AvgIpc) is 2.91. The van der Waals surface area contributed by atoms with Gasteiger partial charge in [-0.15, -0.1) is 0 Å². The van der Waals surface area contributed by atoms with Crippen molar-refractivity contribution >= 4 is 5.91 Å². The number of hydrogen-bond acceptors (Lipinski definition) is 16. The number of carbonyl (C=O) groups is 1. The van der Waals surface area contributed by atoms with Crippen LogP contribution < -0.4 is 38.7 Å². The quantitative estimate of drug-likeness (QED) is 0.0535. The number of hydrazine groups is 1. The van der Waals surface area contributed by atoms with Crippen LogP contribution in [0.2, 0.25) is 0 Å². The van der Waals surface area contributed by atoms with E-state index < -0.39 is 78.8 Å². The van der Waals surface area contributed by atoms with Crippen LogP contribution in [0.15, 0.2) is 0 Å². The van der Waals surface area contributed by atoms with Gasteiger partial charge in [0.15, 0.2) is 12.6 Å². The molecule has 0 aromatic carbocycles. The van der Waals surface area contributed by atoms with E-state index in [1.54, 1.807) is 7.05 Å². The normalized spacial score (nSPS) is 42.5. The molecule has 41 heavy (non-hydrogen) atoms. The van der Waals surface area contributed by atoms with E-state index in [9.17, 15) is 25.2 Å². The Morgan fingerprint density at radius 3 is 2.49 bits per heavy atom. The highest BCUT2D eigenvalue weighted by atomic mass is 16.7. The summed E-state index contributed by atoms with van der Waals surface area (Å²) in [6.07, 6.45) is -7.69. The fourth-order valence-electron chi connectivity index (χ4n) is 5.59. The number of aliphatic hydroxyl groups is 5. The molecule has 1 saturated carbocycles. The molecule has 1 aliphatic carbocycles. The van der Waals surface area contributed by atoms with Gasteiger partial charge in [-0.1, -0.05) is 0 Å². The molecule has 17 nitrogen and oxygen atoms in total. The van der Waals surface area contributed by atoms with Gasteiger partial charge in [0.25, 0.3) is 5.91 Å². The van der Waals surface area contributed by atoms with E-state index in [-0.39, 0.29) is 32.3 Å². The Morgan fingerprint density at radius 1 is 1.12 bits per heavy atom. The first kappa shape index (κ1) is 34.4. The van der Waals surface area contributed by atoms with Gasteiger partial charge in [0.2, 0.25) is 0 Å². The smallest absolute Gasteiger partial charge is 0.250 e. The largest absolute Gasteiger partial charge is 0.395 e. The summed E-state index contributed by atoms with van der Waals surface area (Å²) in [5.74, 6) is 4.44. The maximum absolute atomic E-state index is 12.6. The topological polar surface area (TPSA) is 281 Å². The van der Waals surface area contributed by atoms with Crippen LogP contribution in [0.25, 0.3) is 0 Å². The van der Waals surface area contributed by atoms with Crippen LogP contribution in [-0.2, 0) is 23.7 Å². The third kappa shape index (κ3) is 8.71. The zero-order valence-electron chi connectivity index (χ0n) is 23.6. The lowest BCUT2D eigenvalue weighted by Gasteiger charge is -2.49. The van der Waals surface area contributed by atoms with Crippen molar-refractivity contribution in [2.75, 3.05) is 39.9 Å². The van der Waals surface area contributed by atoms with Crippen LogP contribution in [0, 0.1) is 0 Å². The molecule has 3 fully saturated rings. The van der Waals surface area contributed by atoms with Gasteiger partial charge < -0.3 is 71.9 Å². The second-order valence-corrected chi connectivity index (χ2v) is 11.2. The van der Waals surface area contributed by atoms with Crippen molar-refractivity contribution < 1.29 is 49.3 Å². The summed E-state index contributed by atoms with van der Waals surface area (Å²) in [6.45, 7) is 1.96. The third-order valence-corrected chi connectivity index (χ3v) is 7.84. The Labute approximate surface area is 239 Å². The molecular weight excluding hydrogens is 546 g/mol. The second-order valence-electron chi connectivity index (χ2n) is 11.2. The summed E-state index contributed by atoms with van der Waals surface area (Å²) in [6, 6.07) is -3.07. The first-order valence-corrected chi connectivity index (χ1v) is 14.0. The van der Waals surface area contributed by atoms with Gasteiger partial charge in [0.1, 0.15) is 36.1 Å².